The van der Waals surface area contributed by atoms with Crippen LogP contribution in [-0.4, -0.2) is 18.4 Å². The minimum absolute atomic E-state index is 0. The molecule has 0 aromatic heterocycles. The Morgan fingerprint density at radius 1 is 1.27 bits per heavy atom. The highest BCUT2D eigenvalue weighted by atomic mass is 35.5. The molecule has 1 aromatic rings. The number of hydrogen-bond donors (Lipinski definition) is 3. The third kappa shape index (κ3) is 4.77. The lowest BCUT2D eigenvalue weighted by atomic mass is 9.71. The third-order valence-electron chi connectivity index (χ3n) is 5.79. The Morgan fingerprint density at radius 3 is 2.69 bits per heavy atom. The first kappa shape index (κ1) is 20.7. The van der Waals surface area contributed by atoms with E-state index in [-0.39, 0.29) is 35.7 Å². The van der Waals surface area contributed by atoms with E-state index in [2.05, 4.69) is 16.7 Å². The van der Waals surface area contributed by atoms with Crippen LogP contribution in [0.4, 0.5) is 5.69 Å². The summed E-state index contributed by atoms with van der Waals surface area (Å²) in [6.07, 6.45) is 7.53. The molecule has 1 heterocycles. The molecule has 144 valence electrons. The van der Waals surface area contributed by atoms with Crippen molar-refractivity contribution in [2.45, 2.75) is 64.3 Å². The average Bonchev–Trinajstić information content (AvgIpc) is 2.61. The molecular weight excluding hydrogens is 350 g/mol. The van der Waals surface area contributed by atoms with Gasteiger partial charge in [-0.05, 0) is 55.3 Å². The fourth-order valence-electron chi connectivity index (χ4n) is 4.14. The van der Waals surface area contributed by atoms with Gasteiger partial charge in [-0.1, -0.05) is 31.4 Å². The second-order valence-electron chi connectivity index (χ2n) is 7.70. The molecule has 26 heavy (non-hydrogen) atoms. The zero-order valence-corrected chi connectivity index (χ0v) is 16.3. The SMILES string of the molecule is CC(NC(=O)CC1(CN)CCCCC1)c1ccc2c(c1)CCC(=O)N2.Cl. The Hall–Kier alpha value is -1.59. The molecule has 0 bridgehead atoms. The first-order valence-electron chi connectivity index (χ1n) is 9.43. The van der Waals surface area contributed by atoms with Crippen LogP contribution in [0.15, 0.2) is 18.2 Å². The second kappa shape index (κ2) is 8.87. The van der Waals surface area contributed by atoms with E-state index < -0.39 is 0 Å². The van der Waals surface area contributed by atoms with Crippen molar-refractivity contribution in [2.24, 2.45) is 11.1 Å². The molecule has 0 spiro atoms. The number of hydrogen-bond acceptors (Lipinski definition) is 3. The van der Waals surface area contributed by atoms with Crippen molar-refractivity contribution in [1.82, 2.24) is 5.32 Å². The highest BCUT2D eigenvalue weighted by molar-refractivity contribution is 5.93. The summed E-state index contributed by atoms with van der Waals surface area (Å²) in [5.74, 6) is 0.159. The molecule has 1 unspecified atom stereocenters. The van der Waals surface area contributed by atoms with Gasteiger partial charge in [-0.3, -0.25) is 9.59 Å². The van der Waals surface area contributed by atoms with Crippen LogP contribution in [-0.2, 0) is 16.0 Å². The summed E-state index contributed by atoms with van der Waals surface area (Å²) >= 11 is 0. The van der Waals surface area contributed by atoms with E-state index in [1.165, 1.54) is 19.3 Å². The number of amides is 2. The normalized spacial score (nSPS) is 19.5. The van der Waals surface area contributed by atoms with Crippen molar-refractivity contribution in [2.75, 3.05) is 11.9 Å². The van der Waals surface area contributed by atoms with Crippen LogP contribution >= 0.6 is 12.4 Å². The lowest BCUT2D eigenvalue weighted by Crippen LogP contribution is -2.39. The van der Waals surface area contributed by atoms with Crippen molar-refractivity contribution in [3.63, 3.8) is 0 Å². The molecule has 5 nitrogen and oxygen atoms in total. The molecule has 4 N–H and O–H groups in total. The summed E-state index contributed by atoms with van der Waals surface area (Å²) < 4.78 is 0. The number of aryl methyl sites for hydroxylation is 1. The van der Waals surface area contributed by atoms with Gasteiger partial charge in [0.1, 0.15) is 0 Å². The number of benzene rings is 1. The van der Waals surface area contributed by atoms with E-state index in [9.17, 15) is 9.59 Å². The van der Waals surface area contributed by atoms with E-state index >= 15 is 0 Å². The topological polar surface area (TPSA) is 84.2 Å². The monoisotopic (exact) mass is 379 g/mol. The van der Waals surface area contributed by atoms with Gasteiger partial charge in [0.15, 0.2) is 0 Å². The zero-order valence-electron chi connectivity index (χ0n) is 15.5. The van der Waals surface area contributed by atoms with Crippen LogP contribution in [0.25, 0.3) is 0 Å². The molecule has 2 amide bonds. The largest absolute Gasteiger partial charge is 0.350 e. The molecule has 1 aliphatic carbocycles. The number of carbonyl (C=O) groups is 2. The predicted octanol–water partition coefficient (Wildman–Crippen LogP) is 3.47. The molecular formula is C20H30ClN3O2. The first-order valence-corrected chi connectivity index (χ1v) is 9.43. The molecule has 0 saturated heterocycles. The van der Waals surface area contributed by atoms with Gasteiger partial charge in [-0.2, -0.15) is 0 Å². The Kier molecular flexibility index (Phi) is 7.07. The lowest BCUT2D eigenvalue weighted by molar-refractivity contribution is -0.124. The Bertz CT molecular complexity index is 656. The molecule has 1 atom stereocenters. The summed E-state index contributed by atoms with van der Waals surface area (Å²) in [4.78, 5) is 24.0. The van der Waals surface area contributed by atoms with Crippen LogP contribution < -0.4 is 16.4 Å². The average molecular weight is 380 g/mol. The minimum Gasteiger partial charge on any atom is -0.350 e. The van der Waals surface area contributed by atoms with Gasteiger partial charge in [-0.25, -0.2) is 0 Å². The van der Waals surface area contributed by atoms with Gasteiger partial charge in [0.25, 0.3) is 0 Å². The highest BCUT2D eigenvalue weighted by Crippen LogP contribution is 2.38. The standard InChI is InChI=1S/C20H29N3O2.ClH/c1-14(15-5-7-17-16(11-15)6-8-18(24)23-17)22-19(25)12-20(13-21)9-3-2-4-10-20;/h5,7,11,14H,2-4,6,8-10,12-13,21H2,1H3,(H,22,25)(H,23,24);1H. The maximum absolute atomic E-state index is 12.6. The van der Waals surface area contributed by atoms with Crippen molar-refractivity contribution in [1.29, 1.82) is 0 Å². The molecule has 3 rings (SSSR count). The number of fused-ring (bicyclic) bond motifs is 1. The van der Waals surface area contributed by atoms with Crippen molar-refractivity contribution in [3.8, 4) is 0 Å². The van der Waals surface area contributed by atoms with Crippen molar-refractivity contribution < 1.29 is 9.59 Å². The summed E-state index contributed by atoms with van der Waals surface area (Å²) in [7, 11) is 0. The van der Waals surface area contributed by atoms with E-state index in [0.717, 1.165) is 36.1 Å². The first-order chi connectivity index (χ1) is 12.0. The van der Waals surface area contributed by atoms with E-state index in [1.54, 1.807) is 0 Å². The van der Waals surface area contributed by atoms with E-state index in [4.69, 9.17) is 5.73 Å². The molecule has 1 aliphatic heterocycles. The molecule has 6 heteroatoms. The van der Waals surface area contributed by atoms with Crippen molar-refractivity contribution >= 4 is 29.9 Å². The summed E-state index contributed by atoms with van der Waals surface area (Å²) in [5.41, 5.74) is 9.10. The lowest BCUT2D eigenvalue weighted by Gasteiger charge is -2.36. The smallest absolute Gasteiger partial charge is 0.224 e. The fourth-order valence-corrected chi connectivity index (χ4v) is 4.14. The van der Waals surface area contributed by atoms with Gasteiger partial charge < -0.3 is 16.4 Å². The van der Waals surface area contributed by atoms with Crippen LogP contribution in [0.1, 0.15) is 69.0 Å². The highest BCUT2D eigenvalue weighted by Gasteiger charge is 2.33. The van der Waals surface area contributed by atoms with Crippen LogP contribution in [0.2, 0.25) is 0 Å². The summed E-state index contributed by atoms with van der Waals surface area (Å²) in [6, 6.07) is 5.97. The van der Waals surface area contributed by atoms with Crippen LogP contribution in [0.5, 0.6) is 0 Å². The van der Waals surface area contributed by atoms with Gasteiger partial charge >= 0.3 is 0 Å². The van der Waals surface area contributed by atoms with E-state index in [0.29, 0.717) is 19.4 Å². The second-order valence-corrected chi connectivity index (χ2v) is 7.70. The van der Waals surface area contributed by atoms with Gasteiger partial charge in [-0.15, -0.1) is 12.4 Å². The Balaban J connectivity index is 0.00000243. The number of nitrogens with two attached hydrogens (primary N) is 1. The van der Waals surface area contributed by atoms with Gasteiger partial charge in [0.2, 0.25) is 11.8 Å². The van der Waals surface area contributed by atoms with Gasteiger partial charge in [0.05, 0.1) is 6.04 Å². The molecule has 1 fully saturated rings. The maximum Gasteiger partial charge on any atom is 0.224 e. The van der Waals surface area contributed by atoms with Crippen molar-refractivity contribution in [3.05, 3.63) is 29.3 Å². The Morgan fingerprint density at radius 2 is 2.00 bits per heavy atom. The van der Waals surface area contributed by atoms with Crippen LogP contribution in [0, 0.1) is 5.41 Å². The number of nitrogens with one attached hydrogen (secondary N) is 2. The number of halogens is 1. The molecule has 0 radical (unpaired) electrons. The third-order valence-corrected chi connectivity index (χ3v) is 5.79. The summed E-state index contributed by atoms with van der Waals surface area (Å²) in [5, 5.41) is 6.03. The number of carbonyl (C=O) groups excluding carboxylic acids is 2. The Labute approximate surface area is 161 Å². The summed E-state index contributed by atoms with van der Waals surface area (Å²) in [6.45, 7) is 2.60. The molecule has 1 saturated carbocycles. The minimum atomic E-state index is -0.0474. The van der Waals surface area contributed by atoms with Crippen LogP contribution in [0.3, 0.4) is 0 Å². The zero-order chi connectivity index (χ0) is 17.9. The fraction of sp³-hybridized carbons (Fsp3) is 0.600. The molecule has 2 aliphatic rings. The van der Waals surface area contributed by atoms with E-state index in [1.807, 2.05) is 19.1 Å². The number of anilines is 1. The number of rotatable bonds is 5. The maximum atomic E-state index is 12.6. The predicted molar refractivity (Wildman–Crippen MR) is 106 cm³/mol. The van der Waals surface area contributed by atoms with Gasteiger partial charge in [0, 0.05) is 18.5 Å². The molecule has 1 aromatic carbocycles. The quantitative estimate of drug-likeness (QED) is 0.732.